The Hall–Kier alpha value is -1.16. The Balaban J connectivity index is 2.59. The molecule has 0 radical (unpaired) electrons. The number of amides is 2. The molecule has 152 valence electrons. The molecule has 1 saturated heterocycles. The van der Waals surface area contributed by atoms with Gasteiger partial charge >= 0.3 is 12.5 Å². The van der Waals surface area contributed by atoms with Crippen LogP contribution in [0.15, 0.2) is 0 Å². The number of carbonyl (C=O) groups is 2. The van der Waals surface area contributed by atoms with E-state index in [0.29, 0.717) is 13.0 Å². The van der Waals surface area contributed by atoms with Crippen LogP contribution in [-0.2, 0) is 14.3 Å². The topological polar surface area (TPSA) is 67.9 Å². The highest BCUT2D eigenvalue weighted by Gasteiger charge is 2.37. The van der Waals surface area contributed by atoms with Gasteiger partial charge in [-0.1, -0.05) is 0 Å². The molecular formula is C16H27F3N2O4S. The van der Waals surface area contributed by atoms with Crippen LogP contribution in [0.1, 0.15) is 40.0 Å². The van der Waals surface area contributed by atoms with Crippen molar-refractivity contribution < 1.29 is 32.2 Å². The third-order valence-corrected chi connectivity index (χ3v) is 4.74. The van der Waals surface area contributed by atoms with Gasteiger partial charge in [-0.3, -0.25) is 14.4 Å². The van der Waals surface area contributed by atoms with Gasteiger partial charge in [-0.05, 0) is 46.3 Å². The summed E-state index contributed by atoms with van der Waals surface area (Å²) in [5, 5.41) is 2.79. The fraction of sp³-hybridized carbons (Fsp3) is 0.875. The highest BCUT2D eigenvalue weighted by Crippen LogP contribution is 2.26. The van der Waals surface area contributed by atoms with Crippen LogP contribution in [0, 0.1) is 0 Å². The Morgan fingerprint density at radius 2 is 1.88 bits per heavy atom. The molecule has 0 aromatic carbocycles. The zero-order valence-corrected chi connectivity index (χ0v) is 16.3. The average Bonchev–Trinajstić information content (AvgIpc) is 2.51. The van der Waals surface area contributed by atoms with E-state index in [9.17, 15) is 22.8 Å². The number of thioether (sulfide) groups is 1. The molecule has 1 heterocycles. The smallest absolute Gasteiger partial charge is 0.444 e. The van der Waals surface area contributed by atoms with E-state index >= 15 is 0 Å². The Morgan fingerprint density at radius 3 is 2.42 bits per heavy atom. The van der Waals surface area contributed by atoms with Gasteiger partial charge in [0.05, 0.1) is 6.61 Å². The van der Waals surface area contributed by atoms with Gasteiger partial charge in [0.15, 0.2) is 0 Å². The normalized spacial score (nSPS) is 21.4. The summed E-state index contributed by atoms with van der Waals surface area (Å²) in [5.41, 5.74) is -0.681. The lowest BCUT2D eigenvalue weighted by Crippen LogP contribution is -2.55. The van der Waals surface area contributed by atoms with Crippen LogP contribution < -0.4 is 5.32 Å². The first kappa shape index (κ1) is 22.9. The molecule has 6 nitrogen and oxygen atoms in total. The van der Waals surface area contributed by atoms with Gasteiger partial charge in [-0.15, -0.1) is 13.2 Å². The van der Waals surface area contributed by atoms with Crippen LogP contribution >= 0.6 is 11.8 Å². The molecule has 2 amide bonds. The Labute approximate surface area is 156 Å². The second kappa shape index (κ2) is 9.68. The van der Waals surface area contributed by atoms with Gasteiger partial charge in [-0.2, -0.15) is 11.8 Å². The molecule has 1 rings (SSSR count). The summed E-state index contributed by atoms with van der Waals surface area (Å²) in [5.74, 6) is -0.387. The number of hydrogen-bond donors (Lipinski definition) is 1. The predicted octanol–water partition coefficient (Wildman–Crippen LogP) is 3.16. The van der Waals surface area contributed by atoms with Crippen molar-refractivity contribution in [3.8, 4) is 0 Å². The predicted molar refractivity (Wildman–Crippen MR) is 92.9 cm³/mol. The second-order valence-corrected chi connectivity index (χ2v) is 8.16. The largest absolute Gasteiger partial charge is 0.522 e. The van der Waals surface area contributed by atoms with Crippen LogP contribution in [0.5, 0.6) is 0 Å². The quantitative estimate of drug-likeness (QED) is 0.694. The molecule has 0 aliphatic carbocycles. The number of likely N-dealkylation sites (tertiary alicyclic amines) is 1. The molecule has 10 heteroatoms. The first-order chi connectivity index (χ1) is 11.9. The van der Waals surface area contributed by atoms with Crippen molar-refractivity contribution in [2.45, 2.75) is 63.3 Å². The molecule has 0 saturated carbocycles. The highest BCUT2D eigenvalue weighted by molar-refractivity contribution is 7.99. The van der Waals surface area contributed by atoms with Crippen molar-refractivity contribution in [3.63, 3.8) is 0 Å². The number of nitrogens with one attached hydrogen (secondary N) is 1. The molecular weight excluding hydrogens is 373 g/mol. The van der Waals surface area contributed by atoms with Gasteiger partial charge in [-0.25, -0.2) is 4.79 Å². The van der Waals surface area contributed by atoms with E-state index in [1.807, 2.05) is 6.26 Å². The number of ether oxygens (including phenoxy) is 2. The molecule has 1 N–H and O–H groups in total. The standard InChI is InChI=1S/C16H27F3N2O4S/c1-15(2,3)25-14(23)21-10-11(26-4)6-7-12(21)13(22)20-8-5-9-24-16(17,18)19/h11-12H,5-10H2,1-4H3,(H,20,22)/t11?,12-/m1/s1. The van der Waals surface area contributed by atoms with Crippen molar-refractivity contribution in [3.05, 3.63) is 0 Å². The fourth-order valence-corrected chi connectivity index (χ4v) is 3.20. The fourth-order valence-electron chi connectivity index (χ4n) is 2.51. The molecule has 2 atom stereocenters. The van der Waals surface area contributed by atoms with Crippen molar-refractivity contribution in [1.29, 1.82) is 0 Å². The highest BCUT2D eigenvalue weighted by atomic mass is 32.2. The Bertz CT molecular complexity index is 483. The molecule has 0 aromatic rings. The van der Waals surface area contributed by atoms with E-state index in [4.69, 9.17) is 4.74 Å². The van der Waals surface area contributed by atoms with E-state index in [-0.39, 0.29) is 24.1 Å². The molecule has 26 heavy (non-hydrogen) atoms. The second-order valence-electron chi connectivity index (χ2n) is 7.02. The minimum atomic E-state index is -4.67. The molecule has 1 unspecified atom stereocenters. The molecule has 1 fully saturated rings. The van der Waals surface area contributed by atoms with E-state index in [0.717, 1.165) is 6.42 Å². The number of carbonyl (C=O) groups excluding carboxylic acids is 2. The number of halogens is 3. The van der Waals surface area contributed by atoms with Crippen molar-refractivity contribution in [2.75, 3.05) is 26.0 Å². The molecule has 0 bridgehead atoms. The summed E-state index contributed by atoms with van der Waals surface area (Å²) in [6.07, 6.45) is -2.01. The summed E-state index contributed by atoms with van der Waals surface area (Å²) >= 11 is 1.62. The third kappa shape index (κ3) is 8.48. The summed E-state index contributed by atoms with van der Waals surface area (Å²) in [7, 11) is 0. The van der Waals surface area contributed by atoms with E-state index in [1.165, 1.54) is 4.90 Å². The van der Waals surface area contributed by atoms with E-state index < -0.39 is 30.7 Å². The lowest BCUT2D eigenvalue weighted by Gasteiger charge is -2.38. The van der Waals surface area contributed by atoms with Gasteiger partial charge < -0.3 is 10.1 Å². The Kier molecular flexibility index (Phi) is 8.52. The van der Waals surface area contributed by atoms with Crippen LogP contribution in [-0.4, -0.2) is 66.1 Å². The lowest BCUT2D eigenvalue weighted by molar-refractivity contribution is -0.324. The number of rotatable bonds is 6. The van der Waals surface area contributed by atoms with Crippen LogP contribution in [0.4, 0.5) is 18.0 Å². The summed E-state index contributed by atoms with van der Waals surface area (Å²) < 4.78 is 44.8. The summed E-state index contributed by atoms with van der Waals surface area (Å²) in [6.45, 7) is 5.15. The zero-order valence-electron chi connectivity index (χ0n) is 15.5. The summed E-state index contributed by atoms with van der Waals surface area (Å²) in [6, 6.07) is -0.684. The SMILES string of the molecule is CSC1CC[C@H](C(=O)NCCCOC(F)(F)F)N(C(=O)OC(C)(C)C)C1. The maximum Gasteiger partial charge on any atom is 0.522 e. The molecule has 1 aliphatic rings. The first-order valence-corrected chi connectivity index (χ1v) is 9.72. The maximum absolute atomic E-state index is 12.4. The number of alkyl halides is 3. The minimum Gasteiger partial charge on any atom is -0.444 e. The van der Waals surface area contributed by atoms with E-state index in [1.54, 1.807) is 32.5 Å². The Morgan fingerprint density at radius 1 is 1.23 bits per heavy atom. The number of hydrogen-bond acceptors (Lipinski definition) is 5. The third-order valence-electron chi connectivity index (χ3n) is 3.69. The van der Waals surface area contributed by atoms with Crippen LogP contribution in [0.2, 0.25) is 0 Å². The van der Waals surface area contributed by atoms with E-state index in [2.05, 4.69) is 10.1 Å². The monoisotopic (exact) mass is 400 g/mol. The van der Waals surface area contributed by atoms with Gasteiger partial charge in [0.2, 0.25) is 5.91 Å². The average molecular weight is 400 g/mol. The van der Waals surface area contributed by atoms with Gasteiger partial charge in [0.1, 0.15) is 11.6 Å². The number of nitrogens with zero attached hydrogens (tertiary/aromatic N) is 1. The molecule has 0 spiro atoms. The van der Waals surface area contributed by atoms with Crippen molar-refractivity contribution in [2.24, 2.45) is 0 Å². The molecule has 0 aromatic heterocycles. The number of piperidine rings is 1. The van der Waals surface area contributed by atoms with Gasteiger partial charge in [0.25, 0.3) is 0 Å². The summed E-state index contributed by atoms with van der Waals surface area (Å²) in [4.78, 5) is 26.3. The maximum atomic E-state index is 12.4. The lowest BCUT2D eigenvalue weighted by atomic mass is 10.0. The van der Waals surface area contributed by atoms with Crippen molar-refractivity contribution in [1.82, 2.24) is 10.2 Å². The molecule has 1 aliphatic heterocycles. The van der Waals surface area contributed by atoms with Gasteiger partial charge in [0, 0.05) is 18.3 Å². The minimum absolute atomic E-state index is 0.0256. The first-order valence-electron chi connectivity index (χ1n) is 8.44. The zero-order chi connectivity index (χ0) is 20.0. The van der Waals surface area contributed by atoms with Crippen molar-refractivity contribution >= 4 is 23.8 Å². The van der Waals surface area contributed by atoms with Crippen LogP contribution in [0.3, 0.4) is 0 Å². The van der Waals surface area contributed by atoms with Crippen LogP contribution in [0.25, 0.3) is 0 Å².